The molecule has 0 spiro atoms. The van der Waals surface area contributed by atoms with Gasteiger partial charge in [-0.2, -0.15) is 5.10 Å². The predicted octanol–water partition coefficient (Wildman–Crippen LogP) is 3.66. The number of aromatic nitrogens is 2. The molecule has 188 valence electrons. The molecule has 4 rings (SSSR count). The number of nitrogens with one attached hydrogen (secondary N) is 2. The second-order valence-electron chi connectivity index (χ2n) is 9.63. The van der Waals surface area contributed by atoms with Gasteiger partial charge in [0.1, 0.15) is 11.6 Å². The summed E-state index contributed by atoms with van der Waals surface area (Å²) in [5, 5.41) is 9.96. The molecule has 2 aromatic rings. The number of dihydropyridines is 1. The summed E-state index contributed by atoms with van der Waals surface area (Å²) >= 11 is 0. The van der Waals surface area contributed by atoms with Crippen molar-refractivity contribution in [2.75, 3.05) is 5.32 Å². The molecule has 1 atom stereocenters. The lowest BCUT2D eigenvalue weighted by molar-refractivity contribution is -0.116. The summed E-state index contributed by atoms with van der Waals surface area (Å²) in [4.78, 5) is 24.1. The highest BCUT2D eigenvalue weighted by molar-refractivity contribution is 5.97. The highest BCUT2D eigenvalue weighted by Crippen LogP contribution is 2.32. The van der Waals surface area contributed by atoms with Crippen molar-refractivity contribution in [1.29, 1.82) is 0 Å². The van der Waals surface area contributed by atoms with E-state index in [1.165, 1.54) is 18.2 Å². The number of allylic oxidation sites excluding steroid dienone is 1. The molecule has 1 aliphatic heterocycles. The van der Waals surface area contributed by atoms with Crippen LogP contribution >= 0.6 is 0 Å². The number of nitrogens with zero attached hydrogens (tertiary/aromatic N) is 2. The van der Waals surface area contributed by atoms with Gasteiger partial charge in [-0.15, -0.1) is 0 Å². The van der Waals surface area contributed by atoms with Gasteiger partial charge in [0.2, 0.25) is 5.91 Å². The van der Waals surface area contributed by atoms with Crippen LogP contribution in [0.15, 0.2) is 71.7 Å². The zero-order chi connectivity index (χ0) is 26.2. The SMILES string of the molecule is Cc1cc(CC(=O)Nc2cnn(C(C)(C)C)c2)cc(F)c1OC1=C2C=C(C(N)=O)C(F)=CC2NC=C1. The molecule has 2 aliphatic rings. The van der Waals surface area contributed by atoms with Crippen LogP contribution in [0.3, 0.4) is 0 Å². The Hall–Kier alpha value is -4.21. The number of anilines is 1. The highest BCUT2D eigenvalue weighted by Gasteiger charge is 2.27. The highest BCUT2D eigenvalue weighted by atomic mass is 19.1. The summed E-state index contributed by atoms with van der Waals surface area (Å²) in [5.41, 5.74) is 6.67. The van der Waals surface area contributed by atoms with E-state index in [1.54, 1.807) is 42.3 Å². The predicted molar refractivity (Wildman–Crippen MR) is 131 cm³/mol. The van der Waals surface area contributed by atoms with E-state index in [0.29, 0.717) is 22.4 Å². The molecule has 0 fully saturated rings. The number of hydrogen-bond donors (Lipinski definition) is 3. The van der Waals surface area contributed by atoms with Crippen molar-refractivity contribution >= 4 is 17.5 Å². The van der Waals surface area contributed by atoms with E-state index in [4.69, 9.17) is 10.5 Å². The Labute approximate surface area is 207 Å². The van der Waals surface area contributed by atoms with Crippen molar-refractivity contribution in [3.05, 3.63) is 88.6 Å². The lowest BCUT2D eigenvalue weighted by atomic mass is 9.93. The zero-order valence-electron chi connectivity index (χ0n) is 20.4. The van der Waals surface area contributed by atoms with Crippen molar-refractivity contribution in [1.82, 2.24) is 15.1 Å². The van der Waals surface area contributed by atoms with E-state index in [9.17, 15) is 14.0 Å². The number of ether oxygens (including phenoxy) is 1. The maximum absolute atomic E-state index is 15.1. The summed E-state index contributed by atoms with van der Waals surface area (Å²) < 4.78 is 36.8. The second kappa shape index (κ2) is 9.44. The van der Waals surface area contributed by atoms with Gasteiger partial charge >= 0.3 is 0 Å². The summed E-state index contributed by atoms with van der Waals surface area (Å²) in [5.74, 6) is -2.43. The summed E-state index contributed by atoms with van der Waals surface area (Å²) in [7, 11) is 0. The first-order valence-electron chi connectivity index (χ1n) is 11.3. The molecule has 1 aromatic heterocycles. The van der Waals surface area contributed by atoms with Gasteiger partial charge in [0.25, 0.3) is 5.91 Å². The lowest BCUT2D eigenvalue weighted by Gasteiger charge is -2.26. The number of carbonyl (C=O) groups excluding carboxylic acids is 2. The van der Waals surface area contributed by atoms with E-state index in [1.807, 2.05) is 20.8 Å². The van der Waals surface area contributed by atoms with Gasteiger partial charge < -0.3 is 21.1 Å². The number of benzene rings is 1. The first-order chi connectivity index (χ1) is 16.9. The van der Waals surface area contributed by atoms with E-state index in [0.717, 1.165) is 0 Å². The van der Waals surface area contributed by atoms with Crippen molar-refractivity contribution < 1.29 is 23.1 Å². The van der Waals surface area contributed by atoms with E-state index in [-0.39, 0.29) is 34.9 Å². The van der Waals surface area contributed by atoms with Crippen LogP contribution in [0.5, 0.6) is 5.75 Å². The molecule has 1 unspecified atom stereocenters. The molecule has 2 amide bonds. The Balaban J connectivity index is 1.52. The molecule has 0 saturated carbocycles. The van der Waals surface area contributed by atoms with Gasteiger partial charge in [0.15, 0.2) is 11.6 Å². The standard InChI is InChI=1S/C26H27F2N5O3/c1-14-7-15(9-23(34)32-16-12-31-33(13-16)26(2,3)4)8-20(28)24(14)36-22-5-6-30-21-11-19(27)17(25(29)35)10-18(21)22/h5-8,10-13,21,30H,9H2,1-4H3,(H2,29,35)(H,32,34). The monoisotopic (exact) mass is 495 g/mol. The summed E-state index contributed by atoms with van der Waals surface area (Å²) in [6, 6.07) is 2.30. The molecule has 0 radical (unpaired) electrons. The molecule has 1 aromatic carbocycles. The van der Waals surface area contributed by atoms with Crippen molar-refractivity contribution in [2.45, 2.75) is 45.7 Å². The Morgan fingerprint density at radius 2 is 2.03 bits per heavy atom. The topological polar surface area (TPSA) is 111 Å². The van der Waals surface area contributed by atoms with Crippen LogP contribution in [0.1, 0.15) is 31.9 Å². The van der Waals surface area contributed by atoms with E-state index >= 15 is 4.39 Å². The number of amides is 2. The first kappa shape index (κ1) is 24.9. The summed E-state index contributed by atoms with van der Waals surface area (Å²) in [6.45, 7) is 7.64. The molecule has 0 bridgehead atoms. The number of aryl methyl sites for hydroxylation is 1. The van der Waals surface area contributed by atoms with Crippen LogP contribution in [-0.4, -0.2) is 27.6 Å². The molecule has 36 heavy (non-hydrogen) atoms. The quantitative estimate of drug-likeness (QED) is 0.566. The third-order valence-electron chi connectivity index (χ3n) is 5.69. The minimum Gasteiger partial charge on any atom is -0.454 e. The fourth-order valence-corrected chi connectivity index (χ4v) is 3.90. The first-order valence-corrected chi connectivity index (χ1v) is 11.3. The number of hydrogen-bond acceptors (Lipinski definition) is 5. The maximum atomic E-state index is 15.1. The Bertz CT molecular complexity index is 1340. The van der Waals surface area contributed by atoms with E-state index in [2.05, 4.69) is 15.7 Å². The molecular weight excluding hydrogens is 468 g/mol. The van der Waals surface area contributed by atoms with Gasteiger partial charge in [0, 0.05) is 18.0 Å². The average Bonchev–Trinajstić information content (AvgIpc) is 3.24. The minimum absolute atomic E-state index is 0.0394. The number of carbonyl (C=O) groups is 2. The molecular formula is C26H27F2N5O3. The molecule has 0 saturated heterocycles. The number of rotatable bonds is 6. The van der Waals surface area contributed by atoms with Crippen LogP contribution in [0.2, 0.25) is 0 Å². The normalized spacial score (nSPS) is 17.1. The van der Waals surface area contributed by atoms with Crippen LogP contribution in [-0.2, 0) is 21.5 Å². The van der Waals surface area contributed by atoms with Crippen molar-refractivity contribution in [2.24, 2.45) is 5.73 Å². The minimum atomic E-state index is -0.917. The van der Waals surface area contributed by atoms with Gasteiger partial charge in [-0.3, -0.25) is 14.3 Å². The van der Waals surface area contributed by atoms with Crippen molar-refractivity contribution in [3.8, 4) is 5.75 Å². The van der Waals surface area contributed by atoms with Crippen LogP contribution < -0.4 is 21.1 Å². The third kappa shape index (κ3) is 5.22. The molecule has 1 aliphatic carbocycles. The smallest absolute Gasteiger partial charge is 0.251 e. The Kier molecular flexibility index (Phi) is 6.53. The fraction of sp³-hybridized carbons (Fsp3) is 0.269. The fourth-order valence-electron chi connectivity index (χ4n) is 3.90. The number of primary amides is 1. The molecule has 2 heterocycles. The molecule has 4 N–H and O–H groups in total. The third-order valence-corrected chi connectivity index (χ3v) is 5.69. The van der Waals surface area contributed by atoms with Gasteiger partial charge in [-0.25, -0.2) is 8.78 Å². The maximum Gasteiger partial charge on any atom is 0.251 e. The number of nitrogens with two attached hydrogens (primary N) is 1. The van der Waals surface area contributed by atoms with Crippen LogP contribution in [0, 0.1) is 12.7 Å². The van der Waals surface area contributed by atoms with Gasteiger partial charge in [-0.05, 0) is 63.1 Å². The Morgan fingerprint density at radius 1 is 1.28 bits per heavy atom. The van der Waals surface area contributed by atoms with Crippen LogP contribution in [0.25, 0.3) is 0 Å². The average molecular weight is 496 g/mol. The summed E-state index contributed by atoms with van der Waals surface area (Å²) in [6.07, 6.45) is 8.85. The lowest BCUT2D eigenvalue weighted by Crippen LogP contribution is -2.32. The second-order valence-corrected chi connectivity index (χ2v) is 9.63. The van der Waals surface area contributed by atoms with Gasteiger partial charge in [-0.1, -0.05) is 6.07 Å². The largest absolute Gasteiger partial charge is 0.454 e. The number of halogens is 2. The van der Waals surface area contributed by atoms with Gasteiger partial charge in [0.05, 0.1) is 35.5 Å². The molecule has 10 heteroatoms. The van der Waals surface area contributed by atoms with Crippen LogP contribution in [0.4, 0.5) is 14.5 Å². The number of fused-ring (bicyclic) bond motifs is 1. The van der Waals surface area contributed by atoms with E-state index < -0.39 is 23.6 Å². The molecule has 8 nitrogen and oxygen atoms in total. The Morgan fingerprint density at radius 3 is 2.67 bits per heavy atom. The zero-order valence-corrected chi connectivity index (χ0v) is 20.4. The van der Waals surface area contributed by atoms with Crippen molar-refractivity contribution in [3.63, 3.8) is 0 Å².